The van der Waals surface area contributed by atoms with Crippen LogP contribution < -0.4 is 35.9 Å². The molecule has 0 atom stereocenters. The third kappa shape index (κ3) is 3.53. The van der Waals surface area contributed by atoms with Crippen molar-refractivity contribution in [3.8, 4) is 34.1 Å². The second kappa shape index (κ2) is 9.27. The van der Waals surface area contributed by atoms with E-state index in [4.69, 9.17) is 18.9 Å². The predicted octanol–water partition coefficient (Wildman–Crippen LogP) is 2.68. The van der Waals surface area contributed by atoms with Crippen molar-refractivity contribution >= 4 is 32.4 Å². The monoisotopic (exact) mass is 475 g/mol. The van der Waals surface area contributed by atoms with E-state index in [1.807, 2.05) is 12.1 Å². The van der Waals surface area contributed by atoms with Crippen molar-refractivity contribution in [1.29, 1.82) is 0 Å². The highest BCUT2D eigenvalue weighted by molar-refractivity contribution is 6.19. The fourth-order valence-electron chi connectivity index (χ4n) is 4.75. The fraction of sp³-hybridized carbons (Fsp3) is 0.179. The van der Waals surface area contributed by atoms with Crippen molar-refractivity contribution < 1.29 is 35.9 Å². The van der Waals surface area contributed by atoms with Crippen LogP contribution in [0.1, 0.15) is 0 Å². The second-order valence-corrected chi connectivity index (χ2v) is 7.94. The number of fused-ring (bicyclic) bond motifs is 5. The molecular formula is C28H26ClNO4. The van der Waals surface area contributed by atoms with Crippen LogP contribution in [-0.2, 0) is 7.05 Å². The van der Waals surface area contributed by atoms with E-state index in [1.54, 1.807) is 28.4 Å². The van der Waals surface area contributed by atoms with E-state index in [2.05, 4.69) is 66.3 Å². The molecule has 1 heterocycles. The molecule has 6 heteroatoms. The number of halogens is 1. The molecule has 1 aromatic heterocycles. The molecule has 4 aromatic carbocycles. The van der Waals surface area contributed by atoms with Gasteiger partial charge in [-0.3, -0.25) is 0 Å². The number of aryl methyl sites for hydroxylation is 1. The molecule has 0 aliphatic rings. The summed E-state index contributed by atoms with van der Waals surface area (Å²) in [5, 5.41) is 5.39. The summed E-state index contributed by atoms with van der Waals surface area (Å²) in [6.45, 7) is 0. The number of hydrogen-bond acceptors (Lipinski definition) is 4. The summed E-state index contributed by atoms with van der Waals surface area (Å²) >= 11 is 0. The molecule has 0 saturated heterocycles. The summed E-state index contributed by atoms with van der Waals surface area (Å²) in [6, 6.07) is 20.9. The lowest BCUT2D eigenvalue weighted by molar-refractivity contribution is -0.642. The normalized spacial score (nSPS) is 10.9. The van der Waals surface area contributed by atoms with E-state index >= 15 is 0 Å². The predicted molar refractivity (Wildman–Crippen MR) is 132 cm³/mol. The molecule has 0 saturated carbocycles. The minimum absolute atomic E-state index is 0. The van der Waals surface area contributed by atoms with Crippen molar-refractivity contribution in [2.24, 2.45) is 7.05 Å². The zero-order valence-corrected chi connectivity index (χ0v) is 20.6. The first-order chi connectivity index (χ1) is 16.1. The maximum Gasteiger partial charge on any atom is 0.220 e. The lowest BCUT2D eigenvalue weighted by Crippen LogP contribution is -3.00. The van der Waals surface area contributed by atoms with Crippen LogP contribution in [0.4, 0.5) is 0 Å². The van der Waals surface area contributed by atoms with E-state index in [0.717, 1.165) is 49.3 Å². The second-order valence-electron chi connectivity index (χ2n) is 7.94. The summed E-state index contributed by atoms with van der Waals surface area (Å²) in [7, 11) is 8.72. The van der Waals surface area contributed by atoms with Gasteiger partial charge in [0.05, 0.1) is 44.6 Å². The standard InChI is InChI=1S/C28H26NO4.ClH/c1-29-16-23-18(11-12-24(30-2)28(23)33-5)21-13-19(17-9-7-6-8-10-17)20-14-25(31-3)26(32-4)15-22(20)27(21)29;/h6-16H,1-5H3;1H/q+1;/p-1. The van der Waals surface area contributed by atoms with Crippen molar-refractivity contribution in [2.75, 3.05) is 28.4 Å². The van der Waals surface area contributed by atoms with Gasteiger partial charge >= 0.3 is 0 Å². The molecule has 0 amide bonds. The topological polar surface area (TPSA) is 40.8 Å². The largest absolute Gasteiger partial charge is 1.00 e. The van der Waals surface area contributed by atoms with Crippen molar-refractivity contribution in [2.45, 2.75) is 0 Å². The Bertz CT molecular complexity index is 1520. The van der Waals surface area contributed by atoms with Gasteiger partial charge in [0.2, 0.25) is 5.52 Å². The van der Waals surface area contributed by atoms with Crippen LogP contribution >= 0.6 is 0 Å². The average Bonchev–Trinajstić information content (AvgIpc) is 2.86. The summed E-state index contributed by atoms with van der Waals surface area (Å²) in [5.74, 6) is 2.83. The number of methoxy groups -OCH3 is 4. The van der Waals surface area contributed by atoms with Crippen molar-refractivity contribution in [3.05, 3.63) is 66.9 Å². The molecule has 0 spiro atoms. The molecule has 0 N–H and O–H groups in total. The summed E-state index contributed by atoms with van der Waals surface area (Å²) in [6.07, 6.45) is 2.09. The van der Waals surface area contributed by atoms with Gasteiger partial charge in [0, 0.05) is 10.8 Å². The number of ether oxygens (including phenoxy) is 4. The van der Waals surface area contributed by atoms with Gasteiger partial charge in [0.1, 0.15) is 7.05 Å². The summed E-state index contributed by atoms with van der Waals surface area (Å²) in [5.41, 5.74) is 3.36. The zero-order valence-electron chi connectivity index (χ0n) is 19.8. The molecule has 5 nitrogen and oxygen atoms in total. The highest BCUT2D eigenvalue weighted by Crippen LogP contribution is 2.43. The molecule has 174 valence electrons. The Labute approximate surface area is 204 Å². The van der Waals surface area contributed by atoms with Crippen LogP contribution in [-0.4, -0.2) is 28.4 Å². The molecule has 0 fully saturated rings. The van der Waals surface area contributed by atoms with E-state index in [0.29, 0.717) is 17.2 Å². The quantitative estimate of drug-likeness (QED) is 0.289. The summed E-state index contributed by atoms with van der Waals surface area (Å²) in [4.78, 5) is 0. The van der Waals surface area contributed by atoms with E-state index in [9.17, 15) is 0 Å². The Morgan fingerprint density at radius 1 is 0.588 bits per heavy atom. The Kier molecular flexibility index (Phi) is 6.40. The molecule has 5 aromatic rings. The van der Waals surface area contributed by atoms with Crippen molar-refractivity contribution in [3.63, 3.8) is 0 Å². The number of aromatic nitrogens is 1. The molecular weight excluding hydrogens is 450 g/mol. The number of pyridine rings is 1. The minimum Gasteiger partial charge on any atom is -1.00 e. The SMILES string of the molecule is COc1cc2c(-c3ccccc3)cc3c4ccc(OC)c(OC)c4c[n+](C)c3c2cc1OC.[Cl-]. The molecule has 0 radical (unpaired) electrons. The number of nitrogens with zero attached hydrogens (tertiary/aromatic N) is 1. The Hall–Kier alpha value is -3.70. The Morgan fingerprint density at radius 2 is 1.21 bits per heavy atom. The first-order valence-corrected chi connectivity index (χ1v) is 10.7. The van der Waals surface area contributed by atoms with Crippen LogP contribution in [0.15, 0.2) is 66.9 Å². The summed E-state index contributed by atoms with van der Waals surface area (Å²) < 4.78 is 24.7. The average molecular weight is 476 g/mol. The molecule has 0 bridgehead atoms. The highest BCUT2D eigenvalue weighted by Gasteiger charge is 2.23. The molecule has 0 unspecified atom stereocenters. The van der Waals surface area contributed by atoms with E-state index in [-0.39, 0.29) is 12.4 Å². The van der Waals surface area contributed by atoms with Crippen molar-refractivity contribution in [1.82, 2.24) is 0 Å². The molecule has 34 heavy (non-hydrogen) atoms. The van der Waals surface area contributed by atoms with Crippen LogP contribution in [0, 0.1) is 0 Å². The Morgan fingerprint density at radius 3 is 1.82 bits per heavy atom. The number of benzene rings is 4. The highest BCUT2D eigenvalue weighted by atomic mass is 35.5. The fourth-order valence-corrected chi connectivity index (χ4v) is 4.75. The van der Waals surface area contributed by atoms with Crippen LogP contribution in [0.3, 0.4) is 0 Å². The molecule has 5 rings (SSSR count). The number of rotatable bonds is 5. The van der Waals surface area contributed by atoms with Gasteiger partial charge < -0.3 is 31.4 Å². The van der Waals surface area contributed by atoms with Gasteiger partial charge in [0.25, 0.3) is 0 Å². The van der Waals surface area contributed by atoms with Crippen LogP contribution in [0.5, 0.6) is 23.0 Å². The lowest BCUT2D eigenvalue weighted by atomic mass is 9.92. The smallest absolute Gasteiger partial charge is 0.220 e. The van der Waals surface area contributed by atoms with Gasteiger partial charge in [-0.05, 0) is 41.5 Å². The van der Waals surface area contributed by atoms with Gasteiger partial charge in [-0.15, -0.1) is 0 Å². The maximum atomic E-state index is 5.75. The zero-order chi connectivity index (χ0) is 23.1. The third-order valence-corrected chi connectivity index (χ3v) is 6.25. The van der Waals surface area contributed by atoms with Crippen LogP contribution in [0.2, 0.25) is 0 Å². The lowest BCUT2D eigenvalue weighted by Gasteiger charge is -2.16. The van der Waals surface area contributed by atoms with Crippen LogP contribution in [0.25, 0.3) is 43.6 Å². The van der Waals surface area contributed by atoms with E-state index in [1.165, 1.54) is 0 Å². The van der Waals surface area contributed by atoms with Gasteiger partial charge in [0.15, 0.2) is 29.2 Å². The molecule has 0 aliphatic carbocycles. The first-order valence-electron chi connectivity index (χ1n) is 10.7. The first kappa shape index (κ1) is 23.5. The molecule has 0 aliphatic heterocycles. The van der Waals surface area contributed by atoms with E-state index < -0.39 is 0 Å². The number of hydrogen-bond donors (Lipinski definition) is 0. The minimum atomic E-state index is 0. The third-order valence-electron chi connectivity index (χ3n) is 6.25. The maximum absolute atomic E-state index is 5.75. The van der Waals surface area contributed by atoms with Gasteiger partial charge in [-0.2, -0.15) is 4.57 Å². The Balaban J connectivity index is 0.00000274. The van der Waals surface area contributed by atoms with Gasteiger partial charge in [-0.25, -0.2) is 0 Å². The van der Waals surface area contributed by atoms with Gasteiger partial charge in [-0.1, -0.05) is 30.3 Å².